The zero-order valence-electron chi connectivity index (χ0n) is 24.5. The average molecular weight is 775 g/mol. The Balaban J connectivity index is 0.000000139. The molecule has 0 spiro atoms. The standard InChI is InChI=1S/C18H12NS.2C11H8N.Ir/c1-12-8-9-19-16(10-12)13-6-7-15-14-4-2-3-5-17(14)20-18(15)11-13;2*1-2-6-10(7-3-1)11-8-4-5-9-12-11;/h2-5,7-11H,1H3;2*1-6,8-9H;/q3*-1;+3. The summed E-state index contributed by atoms with van der Waals surface area (Å²) in [5.41, 5.74) is 7.30. The number of aromatic nitrogens is 3. The van der Waals surface area contributed by atoms with Crippen LogP contribution in [0.2, 0.25) is 0 Å². The second-order valence-corrected chi connectivity index (χ2v) is 11.0. The molecule has 5 heteroatoms. The van der Waals surface area contributed by atoms with Gasteiger partial charge in [-0.3, -0.25) is 0 Å². The number of aryl methyl sites for hydroxylation is 1. The molecule has 8 aromatic rings. The maximum absolute atomic E-state index is 4.44. The molecule has 0 saturated carbocycles. The first-order chi connectivity index (χ1) is 21.7. The van der Waals surface area contributed by atoms with Gasteiger partial charge in [-0.25, -0.2) is 0 Å². The van der Waals surface area contributed by atoms with Gasteiger partial charge in [-0.05, 0) is 58.4 Å². The van der Waals surface area contributed by atoms with Gasteiger partial charge in [0.1, 0.15) is 0 Å². The normalized spacial score (nSPS) is 10.2. The van der Waals surface area contributed by atoms with Gasteiger partial charge in [-0.2, -0.15) is 11.3 Å². The Hall–Kier alpha value is -4.80. The first-order valence-electron chi connectivity index (χ1n) is 14.3. The van der Waals surface area contributed by atoms with Crippen LogP contribution in [0.25, 0.3) is 53.9 Å². The van der Waals surface area contributed by atoms with Crippen LogP contribution in [0.5, 0.6) is 0 Å². The Morgan fingerprint density at radius 3 is 1.67 bits per heavy atom. The molecule has 0 bridgehead atoms. The Labute approximate surface area is 281 Å². The van der Waals surface area contributed by atoms with E-state index in [2.05, 4.69) is 82.5 Å². The Morgan fingerprint density at radius 1 is 0.489 bits per heavy atom. The summed E-state index contributed by atoms with van der Waals surface area (Å²) in [5.74, 6) is 0. The quantitative estimate of drug-likeness (QED) is 0.168. The van der Waals surface area contributed by atoms with Crippen LogP contribution >= 0.6 is 11.3 Å². The van der Waals surface area contributed by atoms with Gasteiger partial charge in [0, 0.05) is 23.3 Å². The molecule has 0 radical (unpaired) electrons. The minimum absolute atomic E-state index is 0. The first-order valence-corrected chi connectivity index (χ1v) is 15.1. The van der Waals surface area contributed by atoms with Crippen molar-refractivity contribution in [2.24, 2.45) is 0 Å². The van der Waals surface area contributed by atoms with E-state index >= 15 is 0 Å². The number of thiophene rings is 1. The number of hydrogen-bond donors (Lipinski definition) is 0. The van der Waals surface area contributed by atoms with Gasteiger partial charge in [0.2, 0.25) is 0 Å². The fourth-order valence-electron chi connectivity index (χ4n) is 4.64. The van der Waals surface area contributed by atoms with Gasteiger partial charge in [-0.1, -0.05) is 59.5 Å². The summed E-state index contributed by atoms with van der Waals surface area (Å²) in [4.78, 5) is 12.9. The van der Waals surface area contributed by atoms with E-state index in [4.69, 9.17) is 0 Å². The molecule has 0 saturated heterocycles. The van der Waals surface area contributed by atoms with Crippen LogP contribution in [0.1, 0.15) is 5.56 Å². The zero-order chi connectivity index (χ0) is 30.0. The summed E-state index contributed by atoms with van der Waals surface area (Å²) in [6, 6.07) is 53.9. The van der Waals surface area contributed by atoms with E-state index in [1.165, 1.54) is 25.7 Å². The van der Waals surface area contributed by atoms with Crippen LogP contribution in [0.15, 0.2) is 152 Å². The van der Waals surface area contributed by atoms with Gasteiger partial charge < -0.3 is 15.0 Å². The molecule has 3 nitrogen and oxygen atoms in total. The number of hydrogen-bond acceptors (Lipinski definition) is 4. The molecular formula is C40H28IrN3S. The number of pyridine rings is 3. The predicted molar refractivity (Wildman–Crippen MR) is 183 cm³/mol. The largest absolute Gasteiger partial charge is 3.00 e. The van der Waals surface area contributed by atoms with Crippen LogP contribution in [-0.4, -0.2) is 15.0 Å². The number of benzene rings is 4. The van der Waals surface area contributed by atoms with Gasteiger partial charge in [0.05, 0.1) is 0 Å². The SMILES string of the molecule is Cc1ccnc(-c2[c-]cc3c(c2)sc2ccccc23)c1.[Ir+3].[c-]1ccccc1-c1ccccn1.[c-]1ccccc1-c1ccccn1. The van der Waals surface area contributed by atoms with Crippen LogP contribution in [0.4, 0.5) is 0 Å². The van der Waals surface area contributed by atoms with Crippen molar-refractivity contribution in [1.29, 1.82) is 0 Å². The third-order valence-corrected chi connectivity index (χ3v) is 7.93. The van der Waals surface area contributed by atoms with E-state index in [1.54, 1.807) is 12.4 Å². The van der Waals surface area contributed by atoms with Crippen LogP contribution in [0.3, 0.4) is 0 Å². The van der Waals surface area contributed by atoms with Crippen LogP contribution < -0.4 is 0 Å². The monoisotopic (exact) mass is 775 g/mol. The fraction of sp³-hybridized carbons (Fsp3) is 0.0250. The second-order valence-electron chi connectivity index (χ2n) is 9.92. The Kier molecular flexibility index (Phi) is 11.1. The smallest absolute Gasteiger partial charge is 0.305 e. The molecule has 0 N–H and O–H groups in total. The van der Waals surface area contributed by atoms with Crippen molar-refractivity contribution in [3.8, 4) is 33.8 Å². The van der Waals surface area contributed by atoms with Crippen LogP contribution in [0, 0.1) is 25.1 Å². The van der Waals surface area contributed by atoms with E-state index in [1.807, 2.05) is 109 Å². The number of rotatable bonds is 3. The molecule has 0 amide bonds. The van der Waals surface area contributed by atoms with Crippen molar-refractivity contribution in [2.75, 3.05) is 0 Å². The summed E-state index contributed by atoms with van der Waals surface area (Å²) in [7, 11) is 0. The zero-order valence-corrected chi connectivity index (χ0v) is 27.7. The minimum atomic E-state index is 0. The molecule has 4 aromatic heterocycles. The van der Waals surface area contributed by atoms with Gasteiger partial charge >= 0.3 is 20.1 Å². The average Bonchev–Trinajstić information content (AvgIpc) is 3.48. The summed E-state index contributed by atoms with van der Waals surface area (Å²) >= 11 is 1.83. The van der Waals surface area contributed by atoms with Crippen molar-refractivity contribution >= 4 is 31.5 Å². The summed E-state index contributed by atoms with van der Waals surface area (Å²) in [6.07, 6.45) is 5.43. The predicted octanol–water partition coefficient (Wildman–Crippen LogP) is 10.3. The van der Waals surface area contributed by atoms with Crippen molar-refractivity contribution in [2.45, 2.75) is 6.92 Å². The van der Waals surface area contributed by atoms with Crippen molar-refractivity contribution in [3.63, 3.8) is 0 Å². The maximum Gasteiger partial charge on any atom is 3.00 e. The first kappa shape index (κ1) is 31.6. The third kappa shape index (κ3) is 8.23. The number of nitrogens with zero attached hydrogens (tertiary/aromatic N) is 3. The van der Waals surface area contributed by atoms with E-state index in [-0.39, 0.29) is 20.1 Å². The molecule has 0 aliphatic heterocycles. The number of fused-ring (bicyclic) bond motifs is 3. The van der Waals surface area contributed by atoms with Crippen molar-refractivity contribution in [3.05, 3.63) is 176 Å². The molecular weight excluding hydrogens is 747 g/mol. The maximum atomic E-state index is 4.44. The molecule has 0 atom stereocenters. The third-order valence-electron chi connectivity index (χ3n) is 6.80. The Bertz CT molecular complexity index is 1910. The Morgan fingerprint density at radius 2 is 1.09 bits per heavy atom. The van der Waals surface area contributed by atoms with E-state index in [0.29, 0.717) is 0 Å². The van der Waals surface area contributed by atoms with E-state index < -0.39 is 0 Å². The fourth-order valence-corrected chi connectivity index (χ4v) is 5.77. The van der Waals surface area contributed by atoms with Gasteiger partial charge in [0.25, 0.3) is 0 Å². The van der Waals surface area contributed by atoms with Crippen molar-refractivity contribution in [1.82, 2.24) is 15.0 Å². The molecule has 4 aromatic carbocycles. The summed E-state index contributed by atoms with van der Waals surface area (Å²) < 4.78 is 2.62. The molecule has 0 unspecified atom stereocenters. The topological polar surface area (TPSA) is 38.7 Å². The summed E-state index contributed by atoms with van der Waals surface area (Å²) in [6.45, 7) is 2.09. The molecule has 0 aliphatic rings. The molecule has 45 heavy (non-hydrogen) atoms. The van der Waals surface area contributed by atoms with Gasteiger partial charge in [-0.15, -0.1) is 95.6 Å². The minimum Gasteiger partial charge on any atom is -0.305 e. The molecule has 4 heterocycles. The molecule has 0 aliphatic carbocycles. The second kappa shape index (κ2) is 15.8. The molecule has 218 valence electrons. The van der Waals surface area contributed by atoms with Crippen molar-refractivity contribution < 1.29 is 20.1 Å². The molecule has 0 fully saturated rings. The van der Waals surface area contributed by atoms with E-state index in [0.717, 1.165) is 33.8 Å². The summed E-state index contributed by atoms with van der Waals surface area (Å²) in [5, 5.41) is 2.59. The van der Waals surface area contributed by atoms with Crippen LogP contribution in [-0.2, 0) is 20.1 Å². The van der Waals surface area contributed by atoms with E-state index in [9.17, 15) is 0 Å². The van der Waals surface area contributed by atoms with Gasteiger partial charge in [0.15, 0.2) is 0 Å². The molecule has 8 rings (SSSR count).